The number of sulfone groups is 1. The van der Waals surface area contributed by atoms with E-state index in [9.17, 15) is 21.6 Å². The number of fused-ring (bicyclic) bond motifs is 1. The first-order valence-corrected chi connectivity index (χ1v) is 13.6. The molecule has 3 rings (SSSR count). The lowest BCUT2D eigenvalue weighted by atomic mass is 10.3. The standard InChI is InChI=1S/C17H24N4O6S3/c18-30(25,26)11-5-19-16(22)15(17-20-13-3-1-2-4-14(13)28-17)29(23,24)12-8-21-6-9-27-10-7-21/h1-4,15H,5-12H2,(H,19,22)(H2,18,25,26). The van der Waals surface area contributed by atoms with Crippen LogP contribution in [0.15, 0.2) is 24.3 Å². The molecule has 2 aromatic rings. The predicted octanol–water partition coefficient (Wildman–Crippen LogP) is -0.511. The minimum absolute atomic E-state index is 0.159. The minimum Gasteiger partial charge on any atom is -0.379 e. The molecule has 0 radical (unpaired) electrons. The first kappa shape index (κ1) is 23.0. The number of sulfonamides is 1. The maximum absolute atomic E-state index is 13.2. The fraction of sp³-hybridized carbons (Fsp3) is 0.529. The molecule has 10 nitrogen and oxygen atoms in total. The number of hydrogen-bond donors (Lipinski definition) is 2. The van der Waals surface area contributed by atoms with Crippen LogP contribution in [-0.4, -0.2) is 83.5 Å². The van der Waals surface area contributed by atoms with Crippen molar-refractivity contribution in [2.45, 2.75) is 5.25 Å². The molecule has 166 valence electrons. The smallest absolute Gasteiger partial charge is 0.245 e. The summed E-state index contributed by atoms with van der Waals surface area (Å²) in [4.78, 5) is 19.1. The van der Waals surface area contributed by atoms with Crippen LogP contribution >= 0.6 is 11.3 Å². The van der Waals surface area contributed by atoms with Gasteiger partial charge in [-0.05, 0) is 12.1 Å². The number of ether oxygens (including phenoxy) is 1. The van der Waals surface area contributed by atoms with Crippen molar-refractivity contribution < 1.29 is 26.4 Å². The van der Waals surface area contributed by atoms with Crippen LogP contribution in [0.5, 0.6) is 0 Å². The van der Waals surface area contributed by atoms with Crippen LogP contribution in [-0.2, 0) is 29.4 Å². The van der Waals surface area contributed by atoms with Gasteiger partial charge in [0, 0.05) is 26.2 Å². The Kier molecular flexibility index (Phi) is 7.42. The fourth-order valence-electron chi connectivity index (χ4n) is 3.04. The van der Waals surface area contributed by atoms with Gasteiger partial charge in [0.15, 0.2) is 15.1 Å². The SMILES string of the molecule is NS(=O)(=O)CCNC(=O)C(c1nc2ccccc2s1)S(=O)(=O)CCN1CCOCC1. The zero-order chi connectivity index (χ0) is 21.8. The number of primary sulfonamides is 1. The van der Waals surface area contributed by atoms with Gasteiger partial charge in [-0.15, -0.1) is 11.3 Å². The average molecular weight is 477 g/mol. The van der Waals surface area contributed by atoms with Crippen molar-refractivity contribution in [3.63, 3.8) is 0 Å². The van der Waals surface area contributed by atoms with Crippen molar-refractivity contribution in [1.82, 2.24) is 15.2 Å². The molecule has 30 heavy (non-hydrogen) atoms. The second-order valence-electron chi connectivity index (χ2n) is 6.88. The largest absolute Gasteiger partial charge is 0.379 e. The summed E-state index contributed by atoms with van der Waals surface area (Å²) >= 11 is 1.13. The van der Waals surface area contributed by atoms with Crippen molar-refractivity contribution in [1.29, 1.82) is 0 Å². The molecule has 0 spiro atoms. The number of nitrogens with one attached hydrogen (secondary N) is 1. The van der Waals surface area contributed by atoms with Crippen molar-refractivity contribution in [2.24, 2.45) is 5.14 Å². The first-order valence-electron chi connectivity index (χ1n) is 9.31. The summed E-state index contributed by atoms with van der Waals surface area (Å²) in [6.07, 6.45) is 0. The molecule has 0 bridgehead atoms. The van der Waals surface area contributed by atoms with Gasteiger partial charge < -0.3 is 10.1 Å². The Morgan fingerprint density at radius 3 is 2.57 bits per heavy atom. The minimum atomic E-state index is -3.91. The summed E-state index contributed by atoms with van der Waals surface area (Å²) in [7, 11) is -7.70. The highest BCUT2D eigenvalue weighted by molar-refractivity contribution is 7.92. The number of morpholine rings is 1. The van der Waals surface area contributed by atoms with E-state index >= 15 is 0 Å². The van der Waals surface area contributed by atoms with E-state index in [1.54, 1.807) is 24.3 Å². The molecule has 13 heteroatoms. The molecule has 1 aromatic heterocycles. The highest BCUT2D eigenvalue weighted by Crippen LogP contribution is 2.31. The van der Waals surface area contributed by atoms with Crippen LogP contribution in [0.2, 0.25) is 0 Å². The number of carbonyl (C=O) groups is 1. The van der Waals surface area contributed by atoms with Crippen LogP contribution in [0.3, 0.4) is 0 Å². The maximum atomic E-state index is 13.2. The predicted molar refractivity (Wildman–Crippen MR) is 114 cm³/mol. The third-order valence-electron chi connectivity index (χ3n) is 4.61. The van der Waals surface area contributed by atoms with E-state index in [2.05, 4.69) is 10.3 Å². The van der Waals surface area contributed by atoms with E-state index < -0.39 is 36.8 Å². The fourth-order valence-corrected chi connectivity index (χ4v) is 6.48. The van der Waals surface area contributed by atoms with Crippen molar-refractivity contribution >= 4 is 47.3 Å². The van der Waals surface area contributed by atoms with E-state index in [1.165, 1.54) is 0 Å². The van der Waals surface area contributed by atoms with E-state index in [0.29, 0.717) is 31.8 Å². The Morgan fingerprint density at radius 2 is 1.90 bits per heavy atom. The molecule has 1 fully saturated rings. The van der Waals surface area contributed by atoms with Gasteiger partial charge in [0.05, 0.1) is 34.9 Å². The van der Waals surface area contributed by atoms with Gasteiger partial charge in [-0.1, -0.05) is 12.1 Å². The number of carbonyl (C=O) groups excluding carboxylic acids is 1. The lowest BCUT2D eigenvalue weighted by Gasteiger charge is -2.27. The summed E-state index contributed by atoms with van der Waals surface area (Å²) in [6, 6.07) is 7.12. The number of aromatic nitrogens is 1. The summed E-state index contributed by atoms with van der Waals surface area (Å²) in [5.74, 6) is -1.52. The monoisotopic (exact) mass is 476 g/mol. The van der Waals surface area contributed by atoms with Gasteiger partial charge in [-0.2, -0.15) is 0 Å². The summed E-state index contributed by atoms with van der Waals surface area (Å²) in [6.45, 7) is 2.32. The lowest BCUT2D eigenvalue weighted by molar-refractivity contribution is -0.120. The van der Waals surface area contributed by atoms with Crippen LogP contribution in [0.1, 0.15) is 10.3 Å². The topological polar surface area (TPSA) is 149 Å². The second kappa shape index (κ2) is 9.66. The number of thiazole rings is 1. The number of nitrogens with zero attached hydrogens (tertiary/aromatic N) is 2. The van der Waals surface area contributed by atoms with Gasteiger partial charge >= 0.3 is 0 Å². The summed E-state index contributed by atoms with van der Waals surface area (Å²) in [5, 5.41) is 5.98. The number of rotatable bonds is 9. The average Bonchev–Trinajstić information content (AvgIpc) is 3.09. The van der Waals surface area contributed by atoms with E-state index in [4.69, 9.17) is 9.88 Å². The molecule has 1 saturated heterocycles. The molecule has 3 N–H and O–H groups in total. The second-order valence-corrected chi connectivity index (χ2v) is 11.9. The van der Waals surface area contributed by atoms with Gasteiger partial charge in [0.1, 0.15) is 5.01 Å². The quantitative estimate of drug-likeness (QED) is 0.491. The molecule has 1 aromatic carbocycles. The molecule has 1 aliphatic heterocycles. The number of para-hydroxylation sites is 1. The van der Waals surface area contributed by atoms with Crippen LogP contribution < -0.4 is 10.5 Å². The Bertz CT molecular complexity index is 1060. The summed E-state index contributed by atoms with van der Waals surface area (Å²) < 4.78 is 54.6. The van der Waals surface area contributed by atoms with Crippen LogP contribution in [0.25, 0.3) is 10.2 Å². The highest BCUT2D eigenvalue weighted by Gasteiger charge is 2.37. The molecule has 2 heterocycles. The molecule has 1 amide bonds. The highest BCUT2D eigenvalue weighted by atomic mass is 32.2. The molecule has 1 atom stereocenters. The molecular weight excluding hydrogens is 452 g/mol. The van der Waals surface area contributed by atoms with E-state index in [1.807, 2.05) is 4.90 Å². The van der Waals surface area contributed by atoms with Crippen molar-refractivity contribution in [2.75, 3.05) is 50.9 Å². The van der Waals surface area contributed by atoms with Gasteiger partial charge in [-0.25, -0.2) is 27.0 Å². The molecule has 1 unspecified atom stereocenters. The van der Waals surface area contributed by atoms with Gasteiger partial charge in [0.25, 0.3) is 0 Å². The third-order valence-corrected chi connectivity index (χ3v) is 8.54. The Labute approximate surface area is 179 Å². The normalized spacial score (nSPS) is 17.1. The number of amides is 1. The van der Waals surface area contributed by atoms with Gasteiger partial charge in [0.2, 0.25) is 15.9 Å². The van der Waals surface area contributed by atoms with Crippen LogP contribution in [0.4, 0.5) is 0 Å². The molecule has 0 saturated carbocycles. The number of hydrogen-bond acceptors (Lipinski definition) is 9. The zero-order valence-electron chi connectivity index (χ0n) is 16.2. The van der Waals surface area contributed by atoms with Gasteiger partial charge in [-0.3, -0.25) is 9.69 Å². The van der Waals surface area contributed by atoms with E-state index in [-0.39, 0.29) is 23.8 Å². The zero-order valence-corrected chi connectivity index (χ0v) is 18.6. The van der Waals surface area contributed by atoms with Crippen molar-refractivity contribution in [3.05, 3.63) is 29.3 Å². The Hall–Kier alpha value is -1.64. The Balaban J connectivity index is 1.82. The number of nitrogens with two attached hydrogens (primary N) is 1. The first-order chi connectivity index (χ1) is 14.2. The number of benzene rings is 1. The van der Waals surface area contributed by atoms with E-state index in [0.717, 1.165) is 16.0 Å². The lowest BCUT2D eigenvalue weighted by Crippen LogP contribution is -2.42. The summed E-state index contributed by atoms with van der Waals surface area (Å²) in [5.41, 5.74) is 0.600. The maximum Gasteiger partial charge on any atom is 0.245 e. The van der Waals surface area contributed by atoms with Crippen LogP contribution in [0, 0.1) is 0 Å². The Morgan fingerprint density at radius 1 is 1.20 bits per heavy atom. The molecule has 1 aliphatic rings. The molecule has 0 aliphatic carbocycles. The third kappa shape index (κ3) is 6.18. The molecular formula is C17H24N4O6S3. The van der Waals surface area contributed by atoms with Crippen molar-refractivity contribution in [3.8, 4) is 0 Å².